The maximum atomic E-state index is 11.3. The standard InChI is InChI=1S/C13H19N3O2/c1-14-10-11-2-4-12(5-3-11)18-9-8-16-7-6-15-13(16)17/h2-5,14H,6-10H2,1H3,(H,15,17). The molecule has 0 unspecified atom stereocenters. The summed E-state index contributed by atoms with van der Waals surface area (Å²) in [5.74, 6) is 0.842. The van der Waals surface area contributed by atoms with Crippen molar-refractivity contribution in [1.82, 2.24) is 15.5 Å². The Kier molecular flexibility index (Phi) is 4.41. The van der Waals surface area contributed by atoms with Gasteiger partial charge in [0.1, 0.15) is 12.4 Å². The molecule has 1 aliphatic heterocycles. The third kappa shape index (κ3) is 3.37. The maximum Gasteiger partial charge on any atom is 0.317 e. The van der Waals surface area contributed by atoms with E-state index in [0.29, 0.717) is 13.2 Å². The van der Waals surface area contributed by atoms with Crippen LogP contribution in [0.15, 0.2) is 24.3 Å². The van der Waals surface area contributed by atoms with E-state index in [2.05, 4.69) is 10.6 Å². The molecule has 1 aromatic rings. The minimum atomic E-state index is 0.00275. The molecular weight excluding hydrogens is 230 g/mol. The first kappa shape index (κ1) is 12.7. The summed E-state index contributed by atoms with van der Waals surface area (Å²) in [7, 11) is 1.92. The van der Waals surface area contributed by atoms with Gasteiger partial charge in [0.25, 0.3) is 0 Å². The fourth-order valence-electron chi connectivity index (χ4n) is 1.91. The largest absolute Gasteiger partial charge is 0.492 e. The molecule has 0 spiro atoms. The zero-order valence-corrected chi connectivity index (χ0v) is 10.6. The van der Waals surface area contributed by atoms with E-state index in [0.717, 1.165) is 25.4 Å². The Bertz CT molecular complexity index is 392. The molecule has 0 bridgehead atoms. The SMILES string of the molecule is CNCc1ccc(OCCN2CCNC2=O)cc1. The molecule has 0 saturated carbocycles. The molecule has 0 atom stereocenters. The quantitative estimate of drug-likeness (QED) is 0.784. The highest BCUT2D eigenvalue weighted by Crippen LogP contribution is 2.12. The monoisotopic (exact) mass is 249 g/mol. The Morgan fingerprint density at radius 2 is 2.17 bits per heavy atom. The van der Waals surface area contributed by atoms with E-state index in [-0.39, 0.29) is 6.03 Å². The molecule has 2 amide bonds. The van der Waals surface area contributed by atoms with E-state index in [1.807, 2.05) is 31.3 Å². The molecule has 1 aliphatic rings. The molecule has 0 aromatic heterocycles. The molecule has 0 aliphatic carbocycles. The number of hydrogen-bond donors (Lipinski definition) is 2. The number of hydrogen-bond acceptors (Lipinski definition) is 3. The number of rotatable bonds is 6. The molecule has 18 heavy (non-hydrogen) atoms. The van der Waals surface area contributed by atoms with Crippen molar-refractivity contribution in [1.29, 1.82) is 0 Å². The van der Waals surface area contributed by atoms with Crippen LogP contribution in [0.4, 0.5) is 4.79 Å². The summed E-state index contributed by atoms with van der Waals surface area (Å²) in [6.45, 7) is 3.51. The molecule has 2 N–H and O–H groups in total. The average Bonchev–Trinajstić information content (AvgIpc) is 2.78. The van der Waals surface area contributed by atoms with E-state index in [1.165, 1.54) is 5.56 Å². The van der Waals surface area contributed by atoms with Crippen LogP contribution in [-0.4, -0.2) is 44.2 Å². The van der Waals surface area contributed by atoms with Crippen LogP contribution >= 0.6 is 0 Å². The summed E-state index contributed by atoms with van der Waals surface area (Å²) in [4.78, 5) is 13.0. The second-order valence-corrected chi connectivity index (χ2v) is 4.24. The highest BCUT2D eigenvalue weighted by atomic mass is 16.5. The van der Waals surface area contributed by atoms with Crippen LogP contribution in [0.5, 0.6) is 5.75 Å². The van der Waals surface area contributed by atoms with Crippen LogP contribution in [0.2, 0.25) is 0 Å². The highest BCUT2D eigenvalue weighted by Gasteiger charge is 2.18. The van der Waals surface area contributed by atoms with Crippen LogP contribution in [0.1, 0.15) is 5.56 Å². The number of nitrogens with zero attached hydrogens (tertiary/aromatic N) is 1. The van der Waals surface area contributed by atoms with E-state index in [4.69, 9.17) is 4.74 Å². The molecule has 1 aromatic carbocycles. The second kappa shape index (κ2) is 6.26. The minimum Gasteiger partial charge on any atom is -0.492 e. The number of carbonyl (C=O) groups is 1. The maximum absolute atomic E-state index is 11.3. The number of benzene rings is 1. The molecule has 98 valence electrons. The number of carbonyl (C=O) groups excluding carboxylic acids is 1. The average molecular weight is 249 g/mol. The van der Waals surface area contributed by atoms with Gasteiger partial charge in [-0.2, -0.15) is 0 Å². The van der Waals surface area contributed by atoms with Crippen LogP contribution in [0, 0.1) is 0 Å². The lowest BCUT2D eigenvalue weighted by Gasteiger charge is -2.14. The van der Waals surface area contributed by atoms with Crippen molar-refractivity contribution in [2.24, 2.45) is 0 Å². The first-order valence-electron chi connectivity index (χ1n) is 6.19. The van der Waals surface area contributed by atoms with Gasteiger partial charge >= 0.3 is 6.03 Å². The van der Waals surface area contributed by atoms with Gasteiger partial charge in [-0.05, 0) is 24.7 Å². The van der Waals surface area contributed by atoms with Gasteiger partial charge in [0.05, 0.1) is 6.54 Å². The Morgan fingerprint density at radius 1 is 1.39 bits per heavy atom. The van der Waals surface area contributed by atoms with Crippen molar-refractivity contribution in [3.05, 3.63) is 29.8 Å². The summed E-state index contributed by atoms with van der Waals surface area (Å²) >= 11 is 0. The van der Waals surface area contributed by atoms with E-state index >= 15 is 0 Å². The molecule has 1 heterocycles. The molecular formula is C13H19N3O2. The van der Waals surface area contributed by atoms with Gasteiger partial charge in [0.2, 0.25) is 0 Å². The zero-order chi connectivity index (χ0) is 12.8. The summed E-state index contributed by atoms with van der Waals surface area (Å²) in [6.07, 6.45) is 0. The van der Waals surface area contributed by atoms with Crippen molar-refractivity contribution in [3.63, 3.8) is 0 Å². The lowest BCUT2D eigenvalue weighted by Crippen LogP contribution is -2.31. The molecule has 1 saturated heterocycles. The topological polar surface area (TPSA) is 53.6 Å². The number of ether oxygens (including phenoxy) is 1. The molecule has 1 fully saturated rings. The third-order valence-electron chi connectivity index (χ3n) is 2.88. The fraction of sp³-hybridized carbons (Fsp3) is 0.462. The van der Waals surface area contributed by atoms with E-state index in [1.54, 1.807) is 4.90 Å². The molecule has 5 heteroatoms. The molecule has 2 rings (SSSR count). The number of amides is 2. The normalized spacial score (nSPS) is 14.7. The van der Waals surface area contributed by atoms with Crippen molar-refractivity contribution in [2.45, 2.75) is 6.54 Å². The van der Waals surface area contributed by atoms with Gasteiger partial charge in [-0.3, -0.25) is 0 Å². The summed E-state index contributed by atoms with van der Waals surface area (Å²) in [5, 5.41) is 5.86. The summed E-state index contributed by atoms with van der Waals surface area (Å²) in [6, 6.07) is 7.99. The Labute approximate surface area is 107 Å². The van der Waals surface area contributed by atoms with Gasteiger partial charge in [-0.25, -0.2) is 4.79 Å². The van der Waals surface area contributed by atoms with Crippen molar-refractivity contribution in [2.75, 3.05) is 33.3 Å². The third-order valence-corrected chi connectivity index (χ3v) is 2.88. The predicted octanol–water partition coefficient (Wildman–Crippen LogP) is 0.810. The smallest absolute Gasteiger partial charge is 0.317 e. The Balaban J connectivity index is 1.74. The highest BCUT2D eigenvalue weighted by molar-refractivity contribution is 5.76. The summed E-state index contributed by atoms with van der Waals surface area (Å²) in [5.41, 5.74) is 1.23. The summed E-state index contributed by atoms with van der Waals surface area (Å²) < 4.78 is 5.61. The second-order valence-electron chi connectivity index (χ2n) is 4.24. The first-order chi connectivity index (χ1) is 8.79. The number of urea groups is 1. The van der Waals surface area contributed by atoms with Gasteiger partial charge in [-0.1, -0.05) is 12.1 Å². The van der Waals surface area contributed by atoms with Crippen molar-refractivity contribution in [3.8, 4) is 5.75 Å². The van der Waals surface area contributed by atoms with E-state index < -0.39 is 0 Å². The van der Waals surface area contributed by atoms with Crippen molar-refractivity contribution < 1.29 is 9.53 Å². The number of nitrogens with one attached hydrogen (secondary N) is 2. The van der Waals surface area contributed by atoms with Gasteiger partial charge in [0, 0.05) is 19.6 Å². The lowest BCUT2D eigenvalue weighted by molar-refractivity contribution is 0.202. The predicted molar refractivity (Wildman–Crippen MR) is 69.7 cm³/mol. The fourth-order valence-corrected chi connectivity index (χ4v) is 1.91. The first-order valence-corrected chi connectivity index (χ1v) is 6.19. The van der Waals surface area contributed by atoms with Crippen LogP contribution < -0.4 is 15.4 Å². The van der Waals surface area contributed by atoms with Gasteiger partial charge in [0.15, 0.2) is 0 Å². The Hall–Kier alpha value is -1.75. The van der Waals surface area contributed by atoms with Gasteiger partial charge < -0.3 is 20.3 Å². The van der Waals surface area contributed by atoms with Gasteiger partial charge in [-0.15, -0.1) is 0 Å². The van der Waals surface area contributed by atoms with Crippen LogP contribution in [-0.2, 0) is 6.54 Å². The van der Waals surface area contributed by atoms with Crippen molar-refractivity contribution >= 4 is 6.03 Å². The lowest BCUT2D eigenvalue weighted by atomic mass is 10.2. The molecule has 5 nitrogen and oxygen atoms in total. The zero-order valence-electron chi connectivity index (χ0n) is 10.6. The molecule has 0 radical (unpaired) electrons. The minimum absolute atomic E-state index is 0.00275. The van der Waals surface area contributed by atoms with Crippen LogP contribution in [0.25, 0.3) is 0 Å². The van der Waals surface area contributed by atoms with Crippen LogP contribution in [0.3, 0.4) is 0 Å². The Morgan fingerprint density at radius 3 is 2.78 bits per heavy atom. The van der Waals surface area contributed by atoms with E-state index in [9.17, 15) is 4.79 Å².